The molecule has 2 unspecified atom stereocenters. The second-order valence-corrected chi connectivity index (χ2v) is 7.33. The van der Waals surface area contributed by atoms with Crippen molar-refractivity contribution < 1.29 is 5.11 Å². The fourth-order valence-corrected chi connectivity index (χ4v) is 3.93. The third-order valence-corrected chi connectivity index (χ3v) is 4.98. The van der Waals surface area contributed by atoms with Crippen LogP contribution in [0.2, 0.25) is 5.15 Å². The lowest BCUT2D eigenvalue weighted by Gasteiger charge is -2.37. The molecule has 0 aromatic carbocycles. The Balaban J connectivity index is 2.10. The molecular weight excluding hydrogens is 272 g/mol. The van der Waals surface area contributed by atoms with Gasteiger partial charge in [-0.3, -0.25) is 4.68 Å². The van der Waals surface area contributed by atoms with Crippen molar-refractivity contribution in [3.05, 3.63) is 16.4 Å². The van der Waals surface area contributed by atoms with Crippen LogP contribution in [0.3, 0.4) is 0 Å². The van der Waals surface area contributed by atoms with Crippen LogP contribution >= 0.6 is 11.6 Å². The highest BCUT2D eigenvalue weighted by Crippen LogP contribution is 2.39. The van der Waals surface area contributed by atoms with Crippen molar-refractivity contribution in [2.24, 2.45) is 18.9 Å². The number of nitrogens with zero attached hydrogens (tertiary/aromatic N) is 2. The lowest BCUT2D eigenvalue weighted by Crippen LogP contribution is -2.38. The predicted octanol–water partition coefficient (Wildman–Crippen LogP) is 3.89. The van der Waals surface area contributed by atoms with Gasteiger partial charge in [-0.1, -0.05) is 38.3 Å². The Labute approximate surface area is 127 Å². The van der Waals surface area contributed by atoms with Gasteiger partial charge in [0.25, 0.3) is 0 Å². The summed E-state index contributed by atoms with van der Waals surface area (Å²) in [4.78, 5) is 0. The Morgan fingerprint density at radius 1 is 1.50 bits per heavy atom. The van der Waals surface area contributed by atoms with Gasteiger partial charge in [-0.05, 0) is 38.0 Å². The van der Waals surface area contributed by atoms with Crippen LogP contribution in [0.4, 0.5) is 0 Å². The second-order valence-electron chi connectivity index (χ2n) is 6.97. The zero-order valence-electron chi connectivity index (χ0n) is 13.1. The molecule has 1 aromatic rings. The minimum atomic E-state index is -0.602. The van der Waals surface area contributed by atoms with E-state index < -0.39 is 5.60 Å². The molecule has 0 saturated heterocycles. The third-order valence-electron chi connectivity index (χ3n) is 4.50. The number of aromatic nitrogens is 2. The van der Waals surface area contributed by atoms with Gasteiger partial charge >= 0.3 is 0 Å². The van der Waals surface area contributed by atoms with E-state index >= 15 is 0 Å². The Hall–Kier alpha value is -0.540. The summed E-state index contributed by atoms with van der Waals surface area (Å²) < 4.78 is 1.70. The SMILES string of the molecule is Cc1nn(C)c(Cl)c1CC1(O)CCCC(CC(C)C)C1. The van der Waals surface area contributed by atoms with Gasteiger partial charge in [0.2, 0.25) is 0 Å². The average molecular weight is 299 g/mol. The molecule has 0 spiro atoms. The maximum Gasteiger partial charge on any atom is 0.130 e. The van der Waals surface area contributed by atoms with Crippen molar-refractivity contribution in [3.63, 3.8) is 0 Å². The van der Waals surface area contributed by atoms with Crippen molar-refractivity contribution >= 4 is 11.6 Å². The van der Waals surface area contributed by atoms with E-state index in [1.807, 2.05) is 14.0 Å². The van der Waals surface area contributed by atoms with Gasteiger partial charge in [0, 0.05) is 19.0 Å². The largest absolute Gasteiger partial charge is 0.390 e. The number of hydrogen-bond donors (Lipinski definition) is 1. The number of hydrogen-bond acceptors (Lipinski definition) is 2. The fraction of sp³-hybridized carbons (Fsp3) is 0.812. The quantitative estimate of drug-likeness (QED) is 0.915. The summed E-state index contributed by atoms with van der Waals surface area (Å²) in [6.45, 7) is 6.49. The summed E-state index contributed by atoms with van der Waals surface area (Å²) in [5, 5.41) is 16.0. The lowest BCUT2D eigenvalue weighted by atomic mass is 9.73. The predicted molar refractivity (Wildman–Crippen MR) is 83.0 cm³/mol. The van der Waals surface area contributed by atoms with Crippen molar-refractivity contribution in [2.45, 2.75) is 64.9 Å². The molecule has 1 aromatic heterocycles. The zero-order chi connectivity index (χ0) is 14.9. The Morgan fingerprint density at radius 2 is 2.20 bits per heavy atom. The Kier molecular flexibility index (Phi) is 4.80. The van der Waals surface area contributed by atoms with Crippen LogP contribution in [0.5, 0.6) is 0 Å². The summed E-state index contributed by atoms with van der Waals surface area (Å²) >= 11 is 6.31. The highest BCUT2D eigenvalue weighted by molar-refractivity contribution is 6.30. The highest BCUT2D eigenvalue weighted by Gasteiger charge is 2.36. The van der Waals surface area contributed by atoms with Crippen molar-refractivity contribution in [1.29, 1.82) is 0 Å². The van der Waals surface area contributed by atoms with Crippen LogP contribution in [0.15, 0.2) is 0 Å². The molecule has 0 amide bonds. The van der Waals surface area contributed by atoms with Gasteiger partial charge < -0.3 is 5.11 Å². The first-order valence-corrected chi connectivity index (χ1v) is 8.09. The van der Waals surface area contributed by atoms with Crippen LogP contribution in [-0.2, 0) is 13.5 Å². The standard InChI is InChI=1S/C16H27ClN2O/c1-11(2)8-13-6-5-7-16(20,9-13)10-14-12(3)18-19(4)15(14)17/h11,13,20H,5-10H2,1-4H3. The van der Waals surface area contributed by atoms with E-state index in [0.29, 0.717) is 23.4 Å². The number of halogens is 1. The van der Waals surface area contributed by atoms with E-state index in [2.05, 4.69) is 18.9 Å². The Morgan fingerprint density at radius 3 is 2.75 bits per heavy atom. The van der Waals surface area contributed by atoms with Crippen molar-refractivity contribution in [3.8, 4) is 0 Å². The third kappa shape index (κ3) is 3.56. The number of aliphatic hydroxyl groups is 1. The number of aryl methyl sites for hydroxylation is 2. The van der Waals surface area contributed by atoms with Gasteiger partial charge in [0.15, 0.2) is 0 Å². The molecule has 1 fully saturated rings. The van der Waals surface area contributed by atoms with Crippen LogP contribution < -0.4 is 0 Å². The minimum absolute atomic E-state index is 0.602. The first-order chi connectivity index (χ1) is 9.31. The molecule has 4 heteroatoms. The van der Waals surface area contributed by atoms with Crippen molar-refractivity contribution in [2.75, 3.05) is 0 Å². The maximum absolute atomic E-state index is 11.0. The summed E-state index contributed by atoms with van der Waals surface area (Å²) in [5.74, 6) is 1.34. The maximum atomic E-state index is 11.0. The number of rotatable bonds is 4. The minimum Gasteiger partial charge on any atom is -0.390 e. The van der Waals surface area contributed by atoms with Gasteiger partial charge in [-0.15, -0.1) is 0 Å². The van der Waals surface area contributed by atoms with Crippen LogP contribution in [0.25, 0.3) is 0 Å². The molecule has 1 aliphatic rings. The van der Waals surface area contributed by atoms with Crippen LogP contribution in [0.1, 0.15) is 57.2 Å². The summed E-state index contributed by atoms with van der Waals surface area (Å²) in [5.41, 5.74) is 1.36. The second kappa shape index (κ2) is 6.07. The van der Waals surface area contributed by atoms with Gasteiger partial charge in [0.1, 0.15) is 5.15 Å². The van der Waals surface area contributed by atoms with E-state index in [0.717, 1.165) is 30.5 Å². The van der Waals surface area contributed by atoms with Crippen molar-refractivity contribution in [1.82, 2.24) is 9.78 Å². The molecule has 0 radical (unpaired) electrons. The molecule has 20 heavy (non-hydrogen) atoms. The molecule has 3 nitrogen and oxygen atoms in total. The zero-order valence-corrected chi connectivity index (χ0v) is 13.9. The summed E-state index contributed by atoms with van der Waals surface area (Å²) in [6, 6.07) is 0. The first-order valence-electron chi connectivity index (χ1n) is 7.71. The normalized spacial score (nSPS) is 27.2. The van der Waals surface area contributed by atoms with E-state index in [-0.39, 0.29) is 0 Å². The molecule has 1 saturated carbocycles. The van der Waals surface area contributed by atoms with E-state index in [1.54, 1.807) is 4.68 Å². The molecule has 1 N–H and O–H groups in total. The van der Waals surface area contributed by atoms with Gasteiger partial charge in [-0.25, -0.2) is 0 Å². The molecule has 2 atom stereocenters. The van der Waals surface area contributed by atoms with E-state index in [9.17, 15) is 5.11 Å². The van der Waals surface area contributed by atoms with Crippen LogP contribution in [-0.4, -0.2) is 20.5 Å². The monoisotopic (exact) mass is 298 g/mol. The van der Waals surface area contributed by atoms with E-state index in [1.165, 1.54) is 12.8 Å². The lowest BCUT2D eigenvalue weighted by molar-refractivity contribution is -0.0190. The fourth-order valence-electron chi connectivity index (χ4n) is 3.69. The molecule has 114 valence electrons. The smallest absolute Gasteiger partial charge is 0.130 e. The van der Waals surface area contributed by atoms with E-state index in [4.69, 9.17) is 11.6 Å². The molecule has 0 bridgehead atoms. The first kappa shape index (κ1) is 15.8. The Bertz CT molecular complexity index is 469. The van der Waals surface area contributed by atoms with Gasteiger partial charge in [-0.2, -0.15) is 5.10 Å². The van der Waals surface area contributed by atoms with Gasteiger partial charge in [0.05, 0.1) is 11.3 Å². The summed E-state index contributed by atoms with van der Waals surface area (Å²) in [7, 11) is 1.85. The molecular formula is C16H27ClN2O. The average Bonchev–Trinajstić information content (AvgIpc) is 2.55. The molecule has 1 heterocycles. The molecule has 0 aliphatic heterocycles. The topological polar surface area (TPSA) is 38.0 Å². The molecule has 1 aliphatic carbocycles. The van der Waals surface area contributed by atoms with Crippen LogP contribution in [0, 0.1) is 18.8 Å². The summed E-state index contributed by atoms with van der Waals surface area (Å²) in [6.07, 6.45) is 6.00. The highest BCUT2D eigenvalue weighted by atomic mass is 35.5. The molecule has 2 rings (SSSR count).